The molecule has 5 aromatic rings. The molecule has 0 unspecified atom stereocenters. The van der Waals surface area contributed by atoms with Crippen molar-refractivity contribution < 1.29 is 4.39 Å². The van der Waals surface area contributed by atoms with Gasteiger partial charge in [0.2, 0.25) is 0 Å². The predicted molar refractivity (Wildman–Crippen MR) is 134 cm³/mol. The van der Waals surface area contributed by atoms with Crippen molar-refractivity contribution in [3.63, 3.8) is 0 Å². The Labute approximate surface area is 199 Å². The highest BCUT2D eigenvalue weighted by molar-refractivity contribution is 7.19. The molecule has 3 aromatic heterocycles. The Hall–Kier alpha value is -3.80. The summed E-state index contributed by atoms with van der Waals surface area (Å²) < 4.78 is 15.9. The van der Waals surface area contributed by atoms with E-state index in [1.165, 1.54) is 12.5 Å². The van der Waals surface area contributed by atoms with E-state index in [9.17, 15) is 4.39 Å². The molecule has 6 nitrogen and oxygen atoms in total. The van der Waals surface area contributed by atoms with E-state index in [1.54, 1.807) is 36.0 Å². The molecule has 168 valence electrons. The van der Waals surface area contributed by atoms with Crippen LogP contribution in [-0.4, -0.2) is 32.3 Å². The van der Waals surface area contributed by atoms with Crippen LogP contribution in [0.4, 0.5) is 15.9 Å². The molecule has 0 bridgehead atoms. The van der Waals surface area contributed by atoms with E-state index < -0.39 is 0 Å². The lowest BCUT2D eigenvalue weighted by Gasteiger charge is -2.08. The highest BCUT2D eigenvalue weighted by atomic mass is 32.1. The van der Waals surface area contributed by atoms with Crippen LogP contribution in [0.1, 0.15) is 23.3 Å². The number of thiophene rings is 1. The average Bonchev–Trinajstić information content (AvgIpc) is 3.59. The quantitative estimate of drug-likeness (QED) is 0.360. The average molecular weight is 469 g/mol. The van der Waals surface area contributed by atoms with Gasteiger partial charge in [0.15, 0.2) is 0 Å². The van der Waals surface area contributed by atoms with Crippen molar-refractivity contribution in [2.24, 2.45) is 0 Å². The molecule has 8 heteroatoms. The van der Waals surface area contributed by atoms with Crippen LogP contribution in [0.2, 0.25) is 0 Å². The van der Waals surface area contributed by atoms with E-state index in [2.05, 4.69) is 43.6 Å². The van der Waals surface area contributed by atoms with Gasteiger partial charge in [-0.3, -0.25) is 4.68 Å². The molecule has 4 heterocycles. The van der Waals surface area contributed by atoms with Gasteiger partial charge in [0.05, 0.1) is 34.6 Å². The van der Waals surface area contributed by atoms with E-state index >= 15 is 0 Å². The first kappa shape index (κ1) is 20.8. The highest BCUT2D eigenvalue weighted by Crippen LogP contribution is 2.30. The Kier molecular flexibility index (Phi) is 5.41. The molecular weight excluding hydrogens is 447 g/mol. The van der Waals surface area contributed by atoms with Crippen LogP contribution in [0.15, 0.2) is 61.1 Å². The zero-order valence-electron chi connectivity index (χ0n) is 18.3. The number of fused-ring (bicyclic) bond motifs is 2. The van der Waals surface area contributed by atoms with Crippen molar-refractivity contribution in [2.45, 2.75) is 25.4 Å². The molecule has 1 aliphatic heterocycles. The zero-order valence-corrected chi connectivity index (χ0v) is 19.1. The van der Waals surface area contributed by atoms with Gasteiger partial charge in [-0.15, -0.1) is 11.3 Å². The maximum absolute atomic E-state index is 14.1. The molecule has 6 rings (SSSR count). The molecule has 1 fully saturated rings. The molecule has 0 radical (unpaired) electrons. The van der Waals surface area contributed by atoms with Gasteiger partial charge in [-0.1, -0.05) is 30.0 Å². The fraction of sp³-hybridized carbons (Fsp3) is 0.192. The number of aromatic nitrogens is 4. The van der Waals surface area contributed by atoms with Crippen molar-refractivity contribution in [1.29, 1.82) is 0 Å². The zero-order chi connectivity index (χ0) is 22.9. The summed E-state index contributed by atoms with van der Waals surface area (Å²) in [4.78, 5) is 10.8. The minimum Gasteiger partial charge on any atom is -0.340 e. The molecule has 0 saturated carbocycles. The third-order valence-electron chi connectivity index (χ3n) is 5.94. The number of nitrogens with one attached hydrogen (secondary N) is 2. The van der Waals surface area contributed by atoms with Crippen LogP contribution in [0, 0.1) is 17.7 Å². The Morgan fingerprint density at radius 3 is 3.00 bits per heavy atom. The molecular formula is C26H21FN6S. The molecule has 1 aliphatic rings. The molecule has 1 saturated heterocycles. The van der Waals surface area contributed by atoms with Crippen LogP contribution >= 0.6 is 11.3 Å². The van der Waals surface area contributed by atoms with Gasteiger partial charge in [0, 0.05) is 16.6 Å². The summed E-state index contributed by atoms with van der Waals surface area (Å²) in [6.07, 6.45) is 5.65. The summed E-state index contributed by atoms with van der Waals surface area (Å²) in [5, 5.41) is 13.2. The fourth-order valence-electron chi connectivity index (χ4n) is 4.20. The second-order valence-corrected chi connectivity index (χ2v) is 9.29. The maximum Gasteiger partial charge on any atom is 0.142 e. The van der Waals surface area contributed by atoms with Gasteiger partial charge in [-0.05, 0) is 49.7 Å². The lowest BCUT2D eigenvalue weighted by molar-refractivity contribution is 0.590. The first-order valence-electron chi connectivity index (χ1n) is 11.2. The van der Waals surface area contributed by atoms with Crippen LogP contribution in [0.25, 0.3) is 21.1 Å². The summed E-state index contributed by atoms with van der Waals surface area (Å²) in [6.45, 7) is 1.42. The molecule has 0 aliphatic carbocycles. The smallest absolute Gasteiger partial charge is 0.142 e. The Morgan fingerprint density at radius 2 is 2.12 bits per heavy atom. The number of hydrogen-bond donors (Lipinski definition) is 2. The molecule has 1 atom stereocenters. The van der Waals surface area contributed by atoms with Crippen molar-refractivity contribution >= 4 is 44.0 Å². The first-order chi connectivity index (χ1) is 16.7. The highest BCUT2D eigenvalue weighted by Gasteiger charge is 2.12. The molecule has 0 spiro atoms. The largest absolute Gasteiger partial charge is 0.340 e. The lowest BCUT2D eigenvalue weighted by atomic mass is 10.2. The Bertz CT molecular complexity index is 1550. The minimum atomic E-state index is -0.225. The second-order valence-electron chi connectivity index (χ2n) is 8.26. The number of hydrogen-bond acceptors (Lipinski definition) is 6. The predicted octanol–water partition coefficient (Wildman–Crippen LogP) is 5.08. The topological polar surface area (TPSA) is 67.7 Å². The maximum atomic E-state index is 14.1. The van der Waals surface area contributed by atoms with E-state index in [1.807, 2.05) is 28.9 Å². The SMILES string of the molecule is Fc1ccccc1Cn1ncc2cc(Nc3ncnc4sc(C#C[C@H]5CCCN5)cc34)ccc21. The van der Waals surface area contributed by atoms with Crippen molar-refractivity contribution in [2.75, 3.05) is 11.9 Å². The normalized spacial score (nSPS) is 15.5. The second kappa shape index (κ2) is 8.86. The Balaban J connectivity index is 1.26. The number of nitrogens with zero attached hydrogens (tertiary/aromatic N) is 4. The summed E-state index contributed by atoms with van der Waals surface area (Å²) >= 11 is 1.58. The van der Waals surface area contributed by atoms with Gasteiger partial charge in [-0.2, -0.15) is 5.10 Å². The van der Waals surface area contributed by atoms with Crippen LogP contribution < -0.4 is 10.6 Å². The van der Waals surface area contributed by atoms with Gasteiger partial charge in [-0.25, -0.2) is 14.4 Å². The third-order valence-corrected chi connectivity index (χ3v) is 6.90. The summed E-state index contributed by atoms with van der Waals surface area (Å²) in [5.74, 6) is 7.13. The van der Waals surface area contributed by atoms with Gasteiger partial charge >= 0.3 is 0 Å². The van der Waals surface area contributed by atoms with Crippen molar-refractivity contribution in [3.05, 3.63) is 77.3 Å². The van der Waals surface area contributed by atoms with E-state index in [0.29, 0.717) is 12.1 Å². The van der Waals surface area contributed by atoms with Gasteiger partial charge in [0.1, 0.15) is 22.8 Å². The number of benzene rings is 2. The lowest BCUT2D eigenvalue weighted by Crippen LogP contribution is -2.18. The van der Waals surface area contributed by atoms with E-state index in [-0.39, 0.29) is 11.9 Å². The molecule has 2 N–H and O–H groups in total. The Morgan fingerprint density at radius 1 is 1.18 bits per heavy atom. The summed E-state index contributed by atoms with van der Waals surface area (Å²) in [7, 11) is 0. The standard InChI is InChI=1S/C26H21FN6S/c27-23-6-2-1-4-17(23)15-33-24-10-8-20(12-18(24)14-31-33)32-25-22-13-21(34-26(22)30-16-29-25)9-7-19-5-3-11-28-19/h1-2,4,6,8,10,12-14,16,19,28H,3,5,11,15H2,(H,29,30,32)/t19-/m1/s1. The number of rotatable bonds is 4. The summed E-state index contributed by atoms with van der Waals surface area (Å²) in [6, 6.07) is 15.1. The van der Waals surface area contributed by atoms with E-state index in [4.69, 9.17) is 0 Å². The first-order valence-corrected chi connectivity index (χ1v) is 12.0. The van der Waals surface area contributed by atoms with Crippen molar-refractivity contribution in [1.82, 2.24) is 25.1 Å². The van der Waals surface area contributed by atoms with Gasteiger partial charge in [0.25, 0.3) is 0 Å². The number of anilines is 2. The van der Waals surface area contributed by atoms with Gasteiger partial charge < -0.3 is 10.6 Å². The van der Waals surface area contributed by atoms with Crippen LogP contribution in [0.5, 0.6) is 0 Å². The van der Waals surface area contributed by atoms with E-state index in [0.717, 1.165) is 50.5 Å². The monoisotopic (exact) mass is 468 g/mol. The van der Waals surface area contributed by atoms with Crippen LogP contribution in [-0.2, 0) is 6.54 Å². The number of halogens is 1. The fourth-order valence-corrected chi connectivity index (χ4v) is 5.06. The molecule has 2 aromatic carbocycles. The summed E-state index contributed by atoms with van der Waals surface area (Å²) in [5.41, 5.74) is 2.44. The molecule has 34 heavy (non-hydrogen) atoms. The van der Waals surface area contributed by atoms with Crippen molar-refractivity contribution in [3.8, 4) is 11.8 Å². The molecule has 0 amide bonds. The minimum absolute atomic E-state index is 0.225. The third kappa shape index (κ3) is 4.12. The van der Waals surface area contributed by atoms with Crippen LogP contribution in [0.3, 0.4) is 0 Å².